The van der Waals surface area contributed by atoms with Gasteiger partial charge in [0.15, 0.2) is 0 Å². The summed E-state index contributed by atoms with van der Waals surface area (Å²) in [5.74, 6) is -0.314. The second-order valence-electron chi connectivity index (χ2n) is 8.47. The Morgan fingerprint density at radius 3 is 2.31 bits per heavy atom. The van der Waals surface area contributed by atoms with Gasteiger partial charge in [0, 0.05) is 31.2 Å². The van der Waals surface area contributed by atoms with Crippen molar-refractivity contribution in [2.75, 3.05) is 20.2 Å². The van der Waals surface area contributed by atoms with E-state index in [1.54, 1.807) is 29.2 Å². The highest BCUT2D eigenvalue weighted by molar-refractivity contribution is 7.89. The molecule has 1 saturated heterocycles. The molecule has 32 heavy (non-hydrogen) atoms. The summed E-state index contributed by atoms with van der Waals surface area (Å²) in [6.07, 6.45) is 5.49. The maximum atomic E-state index is 13.4. The van der Waals surface area contributed by atoms with Crippen LogP contribution in [0.5, 0.6) is 5.75 Å². The summed E-state index contributed by atoms with van der Waals surface area (Å²) in [4.78, 5) is 15.2. The Hall–Kier alpha value is -2.45. The van der Waals surface area contributed by atoms with E-state index in [2.05, 4.69) is 0 Å². The van der Waals surface area contributed by atoms with Gasteiger partial charge in [0.25, 0.3) is 5.91 Å². The van der Waals surface area contributed by atoms with Crippen LogP contribution in [0.3, 0.4) is 0 Å². The molecule has 4 rings (SSSR count). The van der Waals surface area contributed by atoms with Gasteiger partial charge in [0.05, 0.1) is 7.11 Å². The smallest absolute Gasteiger partial charge is 0.254 e. The third-order valence-electron chi connectivity index (χ3n) is 6.11. The molecule has 0 spiro atoms. The van der Waals surface area contributed by atoms with Crippen LogP contribution in [0.4, 0.5) is 4.39 Å². The number of ether oxygens (including phenoxy) is 1. The van der Waals surface area contributed by atoms with Crippen molar-refractivity contribution in [3.05, 3.63) is 59.4 Å². The number of carbonyl (C=O) groups is 1. The van der Waals surface area contributed by atoms with Crippen molar-refractivity contribution in [2.24, 2.45) is 0 Å². The number of hydrogen-bond donors (Lipinski definition) is 0. The second-order valence-corrected chi connectivity index (χ2v) is 10.4. The van der Waals surface area contributed by atoms with Crippen LogP contribution in [-0.4, -0.2) is 49.8 Å². The fraction of sp³-hybridized carbons (Fsp3) is 0.458. The van der Waals surface area contributed by atoms with Crippen molar-refractivity contribution in [1.29, 1.82) is 0 Å². The molecule has 1 amide bonds. The Labute approximate surface area is 189 Å². The lowest BCUT2D eigenvalue weighted by molar-refractivity contribution is 0.0729. The van der Waals surface area contributed by atoms with Gasteiger partial charge in [-0.05, 0) is 61.6 Å². The quantitative estimate of drug-likeness (QED) is 0.621. The van der Waals surface area contributed by atoms with Crippen LogP contribution in [0, 0.1) is 5.82 Å². The monoisotopic (exact) mass is 460 g/mol. The molecule has 2 aromatic carbocycles. The van der Waals surface area contributed by atoms with E-state index in [0.29, 0.717) is 25.2 Å². The number of carbonyl (C=O) groups excluding carboxylic acids is 1. The van der Waals surface area contributed by atoms with Gasteiger partial charge in [-0.15, -0.1) is 0 Å². The van der Waals surface area contributed by atoms with Crippen molar-refractivity contribution in [3.8, 4) is 5.75 Å². The van der Waals surface area contributed by atoms with E-state index in [1.165, 1.54) is 29.6 Å². The summed E-state index contributed by atoms with van der Waals surface area (Å²) in [5.41, 5.74) is 1.14. The molecule has 172 valence electrons. The van der Waals surface area contributed by atoms with Gasteiger partial charge in [-0.1, -0.05) is 25.0 Å². The molecule has 2 aliphatic rings. The SMILES string of the molecule is COc1ccc(C(=O)N(Cc2ccc(F)cc2)C2CC2)cc1S(=O)(=O)N1CCCCCC1. The maximum Gasteiger partial charge on any atom is 0.254 e. The predicted octanol–water partition coefficient (Wildman–Crippen LogP) is 4.20. The van der Waals surface area contributed by atoms with Gasteiger partial charge < -0.3 is 9.64 Å². The first kappa shape index (κ1) is 22.7. The number of halogens is 1. The molecular weight excluding hydrogens is 431 g/mol. The highest BCUT2D eigenvalue weighted by Gasteiger charge is 2.35. The van der Waals surface area contributed by atoms with Crippen LogP contribution in [0.1, 0.15) is 54.4 Å². The van der Waals surface area contributed by atoms with Crippen molar-refractivity contribution in [3.63, 3.8) is 0 Å². The zero-order valence-corrected chi connectivity index (χ0v) is 19.1. The molecule has 6 nitrogen and oxygen atoms in total. The first-order valence-corrected chi connectivity index (χ1v) is 12.6. The summed E-state index contributed by atoms with van der Waals surface area (Å²) in [7, 11) is -2.35. The summed E-state index contributed by atoms with van der Waals surface area (Å²) < 4.78 is 47.0. The number of sulfonamides is 1. The van der Waals surface area contributed by atoms with Crippen LogP contribution in [0.15, 0.2) is 47.4 Å². The van der Waals surface area contributed by atoms with Gasteiger partial charge >= 0.3 is 0 Å². The summed E-state index contributed by atoms with van der Waals surface area (Å²) in [6, 6.07) is 10.8. The van der Waals surface area contributed by atoms with Crippen molar-refractivity contribution < 1.29 is 22.3 Å². The Morgan fingerprint density at radius 1 is 1.06 bits per heavy atom. The molecule has 0 atom stereocenters. The third-order valence-corrected chi connectivity index (χ3v) is 8.03. The molecule has 8 heteroatoms. The second kappa shape index (κ2) is 9.58. The summed E-state index contributed by atoms with van der Waals surface area (Å²) in [5, 5.41) is 0. The standard InChI is InChI=1S/C24H29FN2O4S/c1-31-22-13-8-19(16-23(22)32(29,30)26-14-4-2-3-5-15-26)24(28)27(21-11-12-21)17-18-6-9-20(25)10-7-18/h6-10,13,16,21H,2-5,11-12,14-15,17H2,1H3. The van der Waals surface area contributed by atoms with E-state index in [1.807, 2.05) is 0 Å². The number of rotatable bonds is 7. The largest absolute Gasteiger partial charge is 0.495 e. The Kier molecular flexibility index (Phi) is 6.81. The number of amides is 1. The fourth-order valence-electron chi connectivity index (χ4n) is 4.14. The lowest BCUT2D eigenvalue weighted by Gasteiger charge is -2.24. The highest BCUT2D eigenvalue weighted by Crippen LogP contribution is 2.33. The van der Waals surface area contributed by atoms with Crippen LogP contribution < -0.4 is 4.74 Å². The Morgan fingerprint density at radius 2 is 1.72 bits per heavy atom. The van der Waals surface area contributed by atoms with Gasteiger partial charge in [-0.2, -0.15) is 4.31 Å². The molecule has 0 unspecified atom stereocenters. The minimum absolute atomic E-state index is 0.0327. The summed E-state index contributed by atoms with van der Waals surface area (Å²) in [6.45, 7) is 1.30. The van der Waals surface area contributed by atoms with Gasteiger partial charge in [-0.25, -0.2) is 12.8 Å². The molecule has 0 radical (unpaired) electrons. The van der Waals surface area contributed by atoms with Crippen LogP contribution >= 0.6 is 0 Å². The zero-order chi connectivity index (χ0) is 22.7. The van der Waals surface area contributed by atoms with Crippen molar-refractivity contribution in [2.45, 2.75) is 56.0 Å². The molecule has 0 bridgehead atoms. The molecule has 1 heterocycles. The average Bonchev–Trinajstić information content (AvgIpc) is 3.65. The number of methoxy groups -OCH3 is 1. The minimum Gasteiger partial charge on any atom is -0.495 e. The lowest BCUT2D eigenvalue weighted by Crippen LogP contribution is -2.34. The van der Waals surface area contributed by atoms with E-state index in [-0.39, 0.29) is 28.4 Å². The number of nitrogens with zero attached hydrogens (tertiary/aromatic N) is 2. The molecule has 0 N–H and O–H groups in total. The topological polar surface area (TPSA) is 66.9 Å². The van der Waals surface area contributed by atoms with E-state index in [9.17, 15) is 17.6 Å². The van der Waals surface area contributed by atoms with E-state index < -0.39 is 10.0 Å². The van der Waals surface area contributed by atoms with Gasteiger partial charge in [0.1, 0.15) is 16.5 Å². The third kappa shape index (κ3) is 4.96. The Bertz CT molecular complexity index is 1060. The first-order valence-electron chi connectivity index (χ1n) is 11.1. The highest BCUT2D eigenvalue weighted by atomic mass is 32.2. The van der Waals surface area contributed by atoms with Gasteiger partial charge in [0.2, 0.25) is 10.0 Å². The number of benzene rings is 2. The van der Waals surface area contributed by atoms with E-state index >= 15 is 0 Å². The normalized spacial score (nSPS) is 17.6. The molecule has 1 saturated carbocycles. The molecule has 2 fully saturated rings. The molecule has 0 aromatic heterocycles. The van der Waals surface area contributed by atoms with Gasteiger partial charge in [-0.3, -0.25) is 4.79 Å². The van der Waals surface area contributed by atoms with E-state index in [0.717, 1.165) is 44.1 Å². The predicted molar refractivity (Wildman–Crippen MR) is 120 cm³/mol. The van der Waals surface area contributed by atoms with Crippen LogP contribution in [-0.2, 0) is 16.6 Å². The van der Waals surface area contributed by atoms with Crippen LogP contribution in [0.2, 0.25) is 0 Å². The Balaban J connectivity index is 1.64. The maximum absolute atomic E-state index is 13.4. The van der Waals surface area contributed by atoms with Crippen molar-refractivity contribution in [1.82, 2.24) is 9.21 Å². The lowest BCUT2D eigenvalue weighted by atomic mass is 10.1. The first-order chi connectivity index (χ1) is 15.4. The fourth-order valence-corrected chi connectivity index (χ4v) is 5.84. The van der Waals surface area contributed by atoms with Crippen LogP contribution in [0.25, 0.3) is 0 Å². The zero-order valence-electron chi connectivity index (χ0n) is 18.3. The average molecular weight is 461 g/mol. The van der Waals surface area contributed by atoms with E-state index in [4.69, 9.17) is 4.74 Å². The molecule has 2 aromatic rings. The van der Waals surface area contributed by atoms with Crippen molar-refractivity contribution >= 4 is 15.9 Å². The summed E-state index contributed by atoms with van der Waals surface area (Å²) >= 11 is 0. The molecule has 1 aliphatic heterocycles. The minimum atomic E-state index is -3.78. The molecule has 1 aliphatic carbocycles. The molecular formula is C24H29FN2O4S. The number of hydrogen-bond acceptors (Lipinski definition) is 4.